The molecule has 0 aliphatic carbocycles. The second-order valence-electron chi connectivity index (χ2n) is 4.94. The number of carbonyl (C=O) groups excluding carboxylic acids is 1. The molecule has 1 aromatic rings. The van der Waals surface area contributed by atoms with Crippen LogP contribution in [-0.2, 0) is 26.3 Å². The molecule has 0 spiro atoms. The molecule has 0 radical (unpaired) electrons. The third-order valence-corrected chi connectivity index (χ3v) is 3.54. The van der Waals surface area contributed by atoms with E-state index in [1.807, 2.05) is 4.72 Å². The van der Waals surface area contributed by atoms with E-state index < -0.39 is 47.5 Å². The minimum absolute atomic E-state index is 0.00273. The van der Waals surface area contributed by atoms with Crippen LogP contribution in [0, 0.1) is 0 Å². The highest BCUT2D eigenvalue weighted by Crippen LogP contribution is 2.05. The summed E-state index contributed by atoms with van der Waals surface area (Å²) < 4.78 is 31.8. The lowest BCUT2D eigenvalue weighted by Gasteiger charge is -2.16. The minimum Gasteiger partial charge on any atom is -0.480 e. The van der Waals surface area contributed by atoms with Crippen LogP contribution < -0.4 is 20.9 Å². The third-order valence-electron chi connectivity index (χ3n) is 2.46. The fraction of sp³-hybridized carbons (Fsp3) is 0.636. The first kappa shape index (κ1) is 23.8. The van der Waals surface area contributed by atoms with Crippen molar-refractivity contribution in [2.24, 2.45) is 11.5 Å². The Kier molecular flexibility index (Phi) is 9.84. The van der Waals surface area contributed by atoms with Crippen molar-refractivity contribution in [3.63, 3.8) is 0 Å². The summed E-state index contributed by atoms with van der Waals surface area (Å²) in [7, 11) is -4.23. The van der Waals surface area contributed by atoms with Gasteiger partial charge in [-0.2, -0.15) is 22.8 Å². The molecule has 3 unspecified atom stereocenters. The Morgan fingerprint density at radius 2 is 1.92 bits per heavy atom. The molecule has 0 aliphatic heterocycles. The SMILES string of the molecule is CC(N)=O.CC(O)C(NS(=O)(=O)NCc1nc(C(N)CO)no1)C(=O)O. The maximum atomic E-state index is 11.7. The number of carbonyl (C=O) groups is 2. The number of amides is 1. The Labute approximate surface area is 148 Å². The Morgan fingerprint density at radius 3 is 2.35 bits per heavy atom. The van der Waals surface area contributed by atoms with Crippen molar-refractivity contribution in [3.05, 3.63) is 11.7 Å². The molecule has 150 valence electrons. The molecular weight excluding hydrogens is 376 g/mol. The summed E-state index contributed by atoms with van der Waals surface area (Å²) in [4.78, 5) is 23.8. The van der Waals surface area contributed by atoms with Gasteiger partial charge in [0.2, 0.25) is 11.8 Å². The molecule has 14 nitrogen and oxygen atoms in total. The summed E-state index contributed by atoms with van der Waals surface area (Å²) in [6.45, 7) is 1.59. The summed E-state index contributed by atoms with van der Waals surface area (Å²) in [5.41, 5.74) is 9.92. The number of primary amides is 1. The number of hydrogen-bond acceptors (Lipinski definition) is 10. The van der Waals surface area contributed by atoms with Crippen molar-refractivity contribution in [2.75, 3.05) is 6.61 Å². The van der Waals surface area contributed by atoms with Gasteiger partial charge in [0.25, 0.3) is 10.2 Å². The molecule has 1 heterocycles. The van der Waals surface area contributed by atoms with E-state index >= 15 is 0 Å². The summed E-state index contributed by atoms with van der Waals surface area (Å²) in [6.07, 6.45) is -1.44. The third kappa shape index (κ3) is 9.35. The van der Waals surface area contributed by atoms with E-state index in [0.29, 0.717) is 0 Å². The van der Waals surface area contributed by atoms with Gasteiger partial charge < -0.3 is 31.3 Å². The number of carboxylic acid groups (broad SMARTS) is 1. The summed E-state index contributed by atoms with van der Waals surface area (Å²) >= 11 is 0. The molecule has 1 amide bonds. The first-order valence-corrected chi connectivity index (χ1v) is 8.50. The van der Waals surface area contributed by atoms with Crippen LogP contribution in [0.1, 0.15) is 31.6 Å². The average molecular weight is 398 g/mol. The van der Waals surface area contributed by atoms with E-state index in [-0.39, 0.29) is 17.6 Å². The molecule has 1 rings (SSSR count). The summed E-state index contributed by atoms with van der Waals surface area (Å²) in [6, 6.07) is -2.57. The number of aliphatic hydroxyl groups is 2. The number of carboxylic acids is 1. The van der Waals surface area contributed by atoms with E-state index in [0.717, 1.165) is 6.92 Å². The van der Waals surface area contributed by atoms with Gasteiger partial charge in [0.15, 0.2) is 5.82 Å². The molecule has 0 aromatic carbocycles. The largest absolute Gasteiger partial charge is 0.480 e. The lowest BCUT2D eigenvalue weighted by molar-refractivity contribution is -0.141. The zero-order chi connectivity index (χ0) is 20.5. The van der Waals surface area contributed by atoms with Crippen LogP contribution in [-0.4, -0.2) is 64.5 Å². The normalized spacial score (nSPS) is 14.7. The van der Waals surface area contributed by atoms with Crippen molar-refractivity contribution in [3.8, 4) is 0 Å². The van der Waals surface area contributed by atoms with Gasteiger partial charge in [0.1, 0.15) is 6.04 Å². The molecule has 3 atom stereocenters. The Morgan fingerprint density at radius 1 is 1.38 bits per heavy atom. The number of aromatic nitrogens is 2. The molecule has 0 saturated heterocycles. The molecule has 1 aromatic heterocycles. The highest BCUT2D eigenvalue weighted by atomic mass is 32.2. The predicted molar refractivity (Wildman–Crippen MR) is 85.2 cm³/mol. The highest BCUT2D eigenvalue weighted by molar-refractivity contribution is 7.87. The van der Waals surface area contributed by atoms with Crippen LogP contribution in [0.2, 0.25) is 0 Å². The van der Waals surface area contributed by atoms with Gasteiger partial charge in [-0.1, -0.05) is 5.16 Å². The van der Waals surface area contributed by atoms with Gasteiger partial charge in [-0.25, -0.2) is 0 Å². The number of hydrogen-bond donors (Lipinski definition) is 7. The average Bonchev–Trinajstić information content (AvgIpc) is 2.98. The maximum Gasteiger partial charge on any atom is 0.324 e. The van der Waals surface area contributed by atoms with Gasteiger partial charge in [-0.3, -0.25) is 9.59 Å². The second-order valence-corrected chi connectivity index (χ2v) is 6.48. The maximum absolute atomic E-state index is 11.7. The first-order valence-electron chi connectivity index (χ1n) is 7.02. The van der Waals surface area contributed by atoms with Gasteiger partial charge in [-0.05, 0) is 6.92 Å². The fourth-order valence-corrected chi connectivity index (χ4v) is 2.32. The number of nitrogens with zero attached hydrogens (tertiary/aromatic N) is 2. The van der Waals surface area contributed by atoms with Gasteiger partial charge >= 0.3 is 5.97 Å². The van der Waals surface area contributed by atoms with Gasteiger partial charge in [0, 0.05) is 6.92 Å². The Bertz CT molecular complexity index is 687. The van der Waals surface area contributed by atoms with E-state index in [1.54, 1.807) is 4.72 Å². The van der Waals surface area contributed by atoms with Gasteiger partial charge in [-0.15, -0.1) is 0 Å². The molecule has 0 fully saturated rings. The van der Waals surface area contributed by atoms with Crippen molar-refractivity contribution in [1.82, 2.24) is 19.6 Å². The quantitative estimate of drug-likeness (QED) is 0.213. The standard InChI is InChI=1S/C9H17N5O7S.C2H5NO/c1-4(16)7(9(17)18)14-22(19,20)11-2-6-12-8(13-21-6)5(10)3-15;1-2(3)4/h4-5,7,11,14-16H,2-3,10H2,1H3,(H,17,18);1H3,(H2,3,4). The summed E-state index contributed by atoms with van der Waals surface area (Å²) in [5, 5.41) is 30.3. The van der Waals surface area contributed by atoms with Crippen LogP contribution in [0.5, 0.6) is 0 Å². The van der Waals surface area contributed by atoms with E-state index in [1.165, 1.54) is 6.92 Å². The molecule has 0 saturated carbocycles. The number of nitrogens with two attached hydrogens (primary N) is 2. The van der Waals surface area contributed by atoms with Crippen molar-refractivity contribution in [1.29, 1.82) is 0 Å². The van der Waals surface area contributed by atoms with E-state index in [2.05, 4.69) is 15.9 Å². The van der Waals surface area contributed by atoms with Crippen LogP contribution in [0.25, 0.3) is 0 Å². The van der Waals surface area contributed by atoms with Crippen molar-refractivity contribution >= 4 is 22.1 Å². The van der Waals surface area contributed by atoms with Crippen molar-refractivity contribution in [2.45, 2.75) is 38.6 Å². The van der Waals surface area contributed by atoms with Crippen LogP contribution in [0.15, 0.2) is 4.52 Å². The van der Waals surface area contributed by atoms with E-state index in [4.69, 9.17) is 20.5 Å². The Hall–Kier alpha value is -2.17. The zero-order valence-corrected chi connectivity index (χ0v) is 14.8. The van der Waals surface area contributed by atoms with Gasteiger partial charge in [0.05, 0.1) is 25.3 Å². The monoisotopic (exact) mass is 398 g/mol. The van der Waals surface area contributed by atoms with Crippen LogP contribution >= 0.6 is 0 Å². The predicted octanol–water partition coefficient (Wildman–Crippen LogP) is -3.69. The molecule has 9 N–H and O–H groups in total. The molecular formula is C11H22N6O8S. The molecule has 0 bridgehead atoms. The van der Waals surface area contributed by atoms with Crippen LogP contribution in [0.4, 0.5) is 0 Å². The topological polar surface area (TPSA) is 244 Å². The number of rotatable bonds is 9. The molecule has 15 heteroatoms. The van der Waals surface area contributed by atoms with Crippen molar-refractivity contribution < 1.29 is 37.8 Å². The number of nitrogens with one attached hydrogen (secondary N) is 2. The lowest BCUT2D eigenvalue weighted by atomic mass is 10.2. The molecule has 26 heavy (non-hydrogen) atoms. The highest BCUT2D eigenvalue weighted by Gasteiger charge is 2.28. The Balaban J connectivity index is 0.00000141. The zero-order valence-electron chi connectivity index (χ0n) is 14.0. The fourth-order valence-electron chi connectivity index (χ4n) is 1.29. The smallest absolute Gasteiger partial charge is 0.324 e. The lowest BCUT2D eigenvalue weighted by Crippen LogP contribution is -2.51. The van der Waals surface area contributed by atoms with Crippen LogP contribution in [0.3, 0.4) is 0 Å². The summed E-state index contributed by atoms with van der Waals surface area (Å²) in [5.74, 6) is -2.00. The molecule has 0 aliphatic rings. The minimum atomic E-state index is -4.23. The number of aliphatic hydroxyl groups excluding tert-OH is 2. The van der Waals surface area contributed by atoms with E-state index in [9.17, 15) is 23.1 Å². The first-order chi connectivity index (χ1) is 11.9. The second kappa shape index (κ2) is 10.7. The number of aliphatic carboxylic acids is 1.